The summed E-state index contributed by atoms with van der Waals surface area (Å²) in [5.74, 6) is -0.408. The Hall–Kier alpha value is -2.82. The lowest BCUT2D eigenvalue weighted by Crippen LogP contribution is -2.10. The molecule has 2 heterocycles. The first-order valence-corrected chi connectivity index (χ1v) is 6.60. The minimum atomic E-state index is -0.408. The van der Waals surface area contributed by atoms with E-state index >= 15 is 0 Å². The van der Waals surface area contributed by atoms with Gasteiger partial charge in [0.1, 0.15) is 12.3 Å². The minimum Gasteiger partial charge on any atom is -0.456 e. The predicted molar refractivity (Wildman–Crippen MR) is 79.9 cm³/mol. The van der Waals surface area contributed by atoms with Gasteiger partial charge >= 0.3 is 5.97 Å². The van der Waals surface area contributed by atoms with Crippen LogP contribution in [0.15, 0.2) is 48.7 Å². The Kier molecular flexibility index (Phi) is 3.31. The zero-order chi connectivity index (χ0) is 14.8. The van der Waals surface area contributed by atoms with Crippen molar-refractivity contribution in [2.24, 2.45) is 0 Å². The Bertz CT molecular complexity index is 794. The first-order valence-electron chi connectivity index (χ1n) is 6.60. The summed E-state index contributed by atoms with van der Waals surface area (Å²) >= 11 is 0. The molecule has 106 valence electrons. The second-order valence-electron chi connectivity index (χ2n) is 4.80. The zero-order valence-electron chi connectivity index (χ0n) is 11.6. The Morgan fingerprint density at radius 3 is 2.76 bits per heavy atom. The quantitative estimate of drug-likeness (QED) is 0.749. The van der Waals surface area contributed by atoms with E-state index in [2.05, 4.69) is 4.98 Å². The lowest BCUT2D eigenvalue weighted by molar-refractivity contribution is 0.0463. The number of rotatable bonds is 3. The van der Waals surface area contributed by atoms with Gasteiger partial charge in [0.25, 0.3) is 0 Å². The minimum absolute atomic E-state index is 0.231. The highest BCUT2D eigenvalue weighted by atomic mass is 16.5. The van der Waals surface area contributed by atoms with Gasteiger partial charge in [0.05, 0.1) is 5.69 Å². The monoisotopic (exact) mass is 281 g/mol. The number of aryl methyl sites for hydroxylation is 1. The summed E-state index contributed by atoms with van der Waals surface area (Å²) in [4.78, 5) is 16.6. The maximum absolute atomic E-state index is 12.3. The van der Waals surface area contributed by atoms with Gasteiger partial charge in [0.15, 0.2) is 5.69 Å². The first-order chi connectivity index (χ1) is 10.1. The van der Waals surface area contributed by atoms with Gasteiger partial charge in [0, 0.05) is 11.9 Å². The Labute approximate surface area is 122 Å². The topological polar surface area (TPSA) is 69.6 Å². The van der Waals surface area contributed by atoms with Gasteiger partial charge in [-0.15, -0.1) is 0 Å². The van der Waals surface area contributed by atoms with E-state index in [0.717, 1.165) is 5.56 Å². The molecule has 0 aliphatic carbocycles. The molecule has 0 atom stereocenters. The number of aromatic nitrogens is 2. The van der Waals surface area contributed by atoms with Crippen molar-refractivity contribution >= 4 is 17.3 Å². The molecule has 0 radical (unpaired) electrons. The largest absolute Gasteiger partial charge is 0.456 e. The molecule has 5 heteroatoms. The van der Waals surface area contributed by atoms with Crippen molar-refractivity contribution in [2.45, 2.75) is 13.5 Å². The molecule has 0 aliphatic rings. The predicted octanol–water partition coefficient (Wildman–Crippen LogP) is 2.58. The number of carbonyl (C=O) groups excluding carboxylic acids is 1. The number of esters is 1. The fraction of sp³-hybridized carbons (Fsp3) is 0.125. The molecule has 0 spiro atoms. The third-order valence-corrected chi connectivity index (χ3v) is 3.22. The highest BCUT2D eigenvalue weighted by Gasteiger charge is 2.18. The highest BCUT2D eigenvalue weighted by Crippen LogP contribution is 2.16. The van der Waals surface area contributed by atoms with Crippen LogP contribution < -0.4 is 5.73 Å². The van der Waals surface area contributed by atoms with Crippen molar-refractivity contribution in [1.29, 1.82) is 0 Å². The van der Waals surface area contributed by atoms with E-state index in [1.165, 1.54) is 0 Å². The van der Waals surface area contributed by atoms with Crippen molar-refractivity contribution in [2.75, 3.05) is 5.73 Å². The molecule has 2 aromatic heterocycles. The smallest absolute Gasteiger partial charge is 0.357 e. The number of pyridine rings is 1. The molecule has 0 fully saturated rings. The first kappa shape index (κ1) is 13.2. The van der Waals surface area contributed by atoms with Gasteiger partial charge in [0.2, 0.25) is 0 Å². The van der Waals surface area contributed by atoms with Gasteiger partial charge in [-0.05, 0) is 24.6 Å². The lowest BCUT2D eigenvalue weighted by Gasteiger charge is -2.06. The van der Waals surface area contributed by atoms with Crippen LogP contribution >= 0.6 is 0 Å². The molecule has 0 amide bonds. The lowest BCUT2D eigenvalue weighted by atomic mass is 10.2. The molecule has 5 nitrogen and oxygen atoms in total. The second kappa shape index (κ2) is 5.28. The Balaban J connectivity index is 1.87. The molecular weight excluding hydrogens is 266 g/mol. The summed E-state index contributed by atoms with van der Waals surface area (Å²) < 4.78 is 7.03. The fourth-order valence-electron chi connectivity index (χ4n) is 2.22. The molecular formula is C16H15N3O2. The van der Waals surface area contributed by atoms with E-state index in [9.17, 15) is 4.79 Å². The molecule has 3 rings (SSSR count). The van der Waals surface area contributed by atoms with Crippen molar-refractivity contribution in [3.05, 3.63) is 65.6 Å². The van der Waals surface area contributed by atoms with Crippen LogP contribution in [0.4, 0.5) is 5.69 Å². The second-order valence-corrected chi connectivity index (χ2v) is 4.80. The van der Waals surface area contributed by atoms with Gasteiger partial charge < -0.3 is 10.5 Å². The Morgan fingerprint density at radius 2 is 2.00 bits per heavy atom. The number of benzene rings is 1. The van der Waals surface area contributed by atoms with Crippen LogP contribution in [0, 0.1) is 6.92 Å². The fourth-order valence-corrected chi connectivity index (χ4v) is 2.22. The third kappa shape index (κ3) is 2.58. The van der Waals surface area contributed by atoms with Crippen LogP contribution in [0.1, 0.15) is 21.7 Å². The summed E-state index contributed by atoms with van der Waals surface area (Å²) in [7, 11) is 0. The van der Waals surface area contributed by atoms with Crippen LogP contribution in [-0.2, 0) is 11.3 Å². The number of hydrogen-bond acceptors (Lipinski definition) is 4. The molecule has 1 aromatic carbocycles. The van der Waals surface area contributed by atoms with Gasteiger partial charge in [-0.25, -0.2) is 9.78 Å². The summed E-state index contributed by atoms with van der Waals surface area (Å²) in [5, 5.41) is 0. The van der Waals surface area contributed by atoms with Gasteiger partial charge in [-0.3, -0.25) is 4.40 Å². The van der Waals surface area contributed by atoms with E-state index in [0.29, 0.717) is 22.7 Å². The number of imidazole rings is 1. The van der Waals surface area contributed by atoms with Gasteiger partial charge in [-0.2, -0.15) is 0 Å². The third-order valence-electron chi connectivity index (χ3n) is 3.22. The summed E-state index contributed by atoms with van der Waals surface area (Å²) in [6.07, 6.45) is 1.68. The van der Waals surface area contributed by atoms with E-state index in [4.69, 9.17) is 10.5 Å². The average molecular weight is 281 g/mol. The number of fused-ring (bicyclic) bond motifs is 1. The molecule has 0 saturated heterocycles. The molecule has 0 unspecified atom stereocenters. The summed E-state index contributed by atoms with van der Waals surface area (Å²) in [6, 6.07) is 13.1. The van der Waals surface area contributed by atoms with Gasteiger partial charge in [-0.1, -0.05) is 30.3 Å². The highest BCUT2D eigenvalue weighted by molar-refractivity contribution is 5.90. The van der Waals surface area contributed by atoms with E-state index in [-0.39, 0.29) is 6.61 Å². The molecule has 2 N–H and O–H groups in total. The molecule has 0 aliphatic heterocycles. The normalized spacial score (nSPS) is 10.7. The van der Waals surface area contributed by atoms with Crippen LogP contribution in [0.25, 0.3) is 5.65 Å². The summed E-state index contributed by atoms with van der Waals surface area (Å²) in [5.41, 5.74) is 8.98. The van der Waals surface area contributed by atoms with Crippen molar-refractivity contribution in [3.8, 4) is 0 Å². The molecule has 0 saturated carbocycles. The number of ether oxygens (including phenoxy) is 1. The maximum Gasteiger partial charge on any atom is 0.357 e. The average Bonchev–Trinajstić information content (AvgIpc) is 2.81. The number of nitrogens with two attached hydrogens (primary N) is 1. The Morgan fingerprint density at radius 1 is 1.24 bits per heavy atom. The van der Waals surface area contributed by atoms with E-state index in [1.54, 1.807) is 29.7 Å². The molecule has 21 heavy (non-hydrogen) atoms. The maximum atomic E-state index is 12.3. The number of anilines is 1. The van der Waals surface area contributed by atoms with Crippen LogP contribution in [0.5, 0.6) is 0 Å². The molecule has 0 bridgehead atoms. The van der Waals surface area contributed by atoms with E-state index in [1.807, 2.05) is 30.3 Å². The van der Waals surface area contributed by atoms with Crippen molar-refractivity contribution in [1.82, 2.24) is 9.38 Å². The van der Waals surface area contributed by atoms with Crippen LogP contribution in [-0.4, -0.2) is 15.4 Å². The van der Waals surface area contributed by atoms with Crippen molar-refractivity contribution < 1.29 is 9.53 Å². The zero-order valence-corrected chi connectivity index (χ0v) is 11.6. The van der Waals surface area contributed by atoms with Crippen molar-refractivity contribution in [3.63, 3.8) is 0 Å². The SMILES string of the molecule is Cc1nc2ccc(N)cn2c1C(=O)OCc1ccccc1. The number of nitrogens with zero attached hydrogens (tertiary/aromatic N) is 2. The number of carbonyl (C=O) groups is 1. The van der Waals surface area contributed by atoms with E-state index < -0.39 is 5.97 Å². The summed E-state index contributed by atoms with van der Waals surface area (Å²) in [6.45, 7) is 2.01. The standard InChI is InChI=1S/C16H15N3O2/c1-11-15(19-9-13(17)7-8-14(19)18-11)16(20)21-10-12-5-3-2-4-6-12/h2-9H,10,17H2,1H3. The number of hydrogen-bond donors (Lipinski definition) is 1. The number of nitrogen functional groups attached to an aromatic ring is 1. The van der Waals surface area contributed by atoms with Crippen LogP contribution in [0.2, 0.25) is 0 Å². The molecule has 3 aromatic rings. The van der Waals surface area contributed by atoms with Crippen LogP contribution in [0.3, 0.4) is 0 Å².